The molecular weight excluding hydrogens is 294 g/mol. The summed E-state index contributed by atoms with van der Waals surface area (Å²) in [5.74, 6) is -1.26. The third-order valence-corrected chi connectivity index (χ3v) is 5.03. The molecule has 0 bridgehead atoms. The molecule has 1 heterocycles. The van der Waals surface area contributed by atoms with Gasteiger partial charge in [-0.1, -0.05) is 0 Å². The molecule has 1 amide bonds. The zero-order valence-corrected chi connectivity index (χ0v) is 12.5. The van der Waals surface area contributed by atoms with Crippen molar-refractivity contribution in [3.05, 3.63) is 29.8 Å². The predicted molar refractivity (Wildman–Crippen MR) is 77.8 cm³/mol. The fraction of sp³-hybridized carbons (Fsp3) is 0.429. The van der Waals surface area contributed by atoms with Crippen LogP contribution in [0.1, 0.15) is 23.7 Å². The molecule has 0 spiro atoms. The fourth-order valence-corrected chi connectivity index (χ4v) is 3.89. The number of sulfone groups is 1. The van der Waals surface area contributed by atoms with Gasteiger partial charge in [0.1, 0.15) is 0 Å². The Balaban J connectivity index is 1.97. The van der Waals surface area contributed by atoms with Gasteiger partial charge in [0.05, 0.1) is 29.6 Å². The number of carbonyl (C=O) groups excluding carboxylic acids is 2. The van der Waals surface area contributed by atoms with Crippen molar-refractivity contribution in [2.75, 3.05) is 23.4 Å². The lowest BCUT2D eigenvalue weighted by atomic mass is 10.1. The maximum atomic E-state index is 12.0. The maximum absolute atomic E-state index is 12.0. The predicted octanol–water partition coefficient (Wildman–Crippen LogP) is 1.24. The summed E-state index contributed by atoms with van der Waals surface area (Å²) in [7, 11) is -3.08. The largest absolute Gasteiger partial charge is 0.462 e. The number of ether oxygens (including phenoxy) is 1. The van der Waals surface area contributed by atoms with E-state index >= 15 is 0 Å². The van der Waals surface area contributed by atoms with E-state index in [-0.39, 0.29) is 17.4 Å². The number of benzene rings is 1. The van der Waals surface area contributed by atoms with Gasteiger partial charge in [-0.25, -0.2) is 13.2 Å². The van der Waals surface area contributed by atoms with E-state index in [9.17, 15) is 18.0 Å². The van der Waals surface area contributed by atoms with E-state index in [1.165, 1.54) is 0 Å². The average Bonchev–Trinajstić information content (AvgIpc) is 2.80. The monoisotopic (exact) mass is 311 g/mol. The van der Waals surface area contributed by atoms with Gasteiger partial charge in [-0.2, -0.15) is 0 Å². The number of anilines is 1. The smallest absolute Gasteiger partial charge is 0.338 e. The molecule has 1 aromatic carbocycles. The van der Waals surface area contributed by atoms with Crippen LogP contribution in [0.3, 0.4) is 0 Å². The Bertz CT molecular complexity index is 636. The second-order valence-electron chi connectivity index (χ2n) is 4.89. The number of hydrogen-bond acceptors (Lipinski definition) is 5. The second-order valence-corrected chi connectivity index (χ2v) is 7.12. The minimum Gasteiger partial charge on any atom is -0.462 e. The molecule has 1 saturated heterocycles. The van der Waals surface area contributed by atoms with Crippen molar-refractivity contribution in [1.82, 2.24) is 0 Å². The first-order chi connectivity index (χ1) is 9.91. The zero-order chi connectivity index (χ0) is 15.5. The van der Waals surface area contributed by atoms with E-state index in [2.05, 4.69) is 5.32 Å². The summed E-state index contributed by atoms with van der Waals surface area (Å²) >= 11 is 0. The highest BCUT2D eigenvalue weighted by Gasteiger charge is 2.32. The third kappa shape index (κ3) is 4.04. The molecule has 0 saturated carbocycles. The number of nitrogens with one attached hydrogen (secondary N) is 1. The molecule has 7 heteroatoms. The summed E-state index contributed by atoms with van der Waals surface area (Å²) in [6.45, 7) is 2.02. The molecule has 2 rings (SSSR count). The highest BCUT2D eigenvalue weighted by Crippen LogP contribution is 2.20. The van der Waals surface area contributed by atoms with Crippen LogP contribution >= 0.6 is 0 Å². The SMILES string of the molecule is CCOC(=O)c1ccc(NC(=O)[C@@H]2CCS(=O)(=O)C2)cc1. The Morgan fingerprint density at radius 3 is 2.48 bits per heavy atom. The normalized spacial score (nSPS) is 20.0. The number of carbonyl (C=O) groups is 2. The van der Waals surface area contributed by atoms with Crippen LogP contribution in [0.25, 0.3) is 0 Å². The Morgan fingerprint density at radius 1 is 1.29 bits per heavy atom. The molecule has 1 fully saturated rings. The first-order valence-corrected chi connectivity index (χ1v) is 8.52. The van der Waals surface area contributed by atoms with Crippen molar-refractivity contribution in [3.8, 4) is 0 Å². The van der Waals surface area contributed by atoms with Gasteiger partial charge in [0, 0.05) is 5.69 Å². The molecule has 1 atom stereocenters. The van der Waals surface area contributed by atoms with Crippen molar-refractivity contribution in [3.63, 3.8) is 0 Å². The molecule has 6 nitrogen and oxygen atoms in total. The van der Waals surface area contributed by atoms with Gasteiger partial charge in [0.25, 0.3) is 0 Å². The van der Waals surface area contributed by atoms with Crippen LogP contribution in [0.5, 0.6) is 0 Å². The lowest BCUT2D eigenvalue weighted by Crippen LogP contribution is -2.23. The van der Waals surface area contributed by atoms with E-state index in [4.69, 9.17) is 4.74 Å². The number of hydrogen-bond donors (Lipinski definition) is 1. The molecule has 1 aliphatic heterocycles. The van der Waals surface area contributed by atoms with Gasteiger partial charge in [-0.05, 0) is 37.6 Å². The molecule has 0 aliphatic carbocycles. The Kier molecular flexibility index (Phi) is 4.62. The molecule has 1 N–H and O–H groups in total. The minimum absolute atomic E-state index is 0.0624. The molecule has 0 radical (unpaired) electrons. The van der Waals surface area contributed by atoms with Crippen LogP contribution in [-0.4, -0.2) is 38.4 Å². The lowest BCUT2D eigenvalue weighted by molar-refractivity contribution is -0.119. The zero-order valence-electron chi connectivity index (χ0n) is 11.7. The van der Waals surface area contributed by atoms with Gasteiger partial charge in [-0.15, -0.1) is 0 Å². The van der Waals surface area contributed by atoms with Crippen LogP contribution in [0, 0.1) is 5.92 Å². The first kappa shape index (κ1) is 15.5. The van der Waals surface area contributed by atoms with Crippen LogP contribution in [0.4, 0.5) is 5.69 Å². The van der Waals surface area contributed by atoms with E-state index in [0.29, 0.717) is 24.3 Å². The van der Waals surface area contributed by atoms with E-state index in [0.717, 1.165) is 0 Å². The number of rotatable bonds is 4. The third-order valence-electron chi connectivity index (χ3n) is 3.27. The van der Waals surface area contributed by atoms with E-state index in [1.807, 2.05) is 0 Å². The van der Waals surface area contributed by atoms with Crippen molar-refractivity contribution in [1.29, 1.82) is 0 Å². The molecule has 21 heavy (non-hydrogen) atoms. The number of amides is 1. The molecular formula is C14H17NO5S. The van der Waals surface area contributed by atoms with Gasteiger partial charge in [-0.3, -0.25) is 4.79 Å². The van der Waals surface area contributed by atoms with Crippen molar-refractivity contribution >= 4 is 27.4 Å². The Hall–Kier alpha value is -1.89. The average molecular weight is 311 g/mol. The minimum atomic E-state index is -3.08. The van der Waals surface area contributed by atoms with Crippen LogP contribution < -0.4 is 5.32 Å². The van der Waals surface area contributed by atoms with E-state index < -0.39 is 21.7 Å². The first-order valence-electron chi connectivity index (χ1n) is 6.70. The summed E-state index contributed by atoms with van der Waals surface area (Å²) in [6, 6.07) is 6.29. The Labute approximate surface area is 123 Å². The summed E-state index contributed by atoms with van der Waals surface area (Å²) in [5.41, 5.74) is 0.927. The molecule has 114 valence electrons. The Morgan fingerprint density at radius 2 is 1.95 bits per heavy atom. The highest BCUT2D eigenvalue weighted by molar-refractivity contribution is 7.91. The van der Waals surface area contributed by atoms with Crippen LogP contribution in [-0.2, 0) is 19.4 Å². The van der Waals surface area contributed by atoms with Gasteiger partial charge < -0.3 is 10.1 Å². The summed E-state index contributed by atoms with van der Waals surface area (Å²) in [4.78, 5) is 23.4. The summed E-state index contributed by atoms with van der Waals surface area (Å²) in [6.07, 6.45) is 0.356. The molecule has 1 aliphatic rings. The number of esters is 1. The fourth-order valence-electron chi connectivity index (χ4n) is 2.15. The summed E-state index contributed by atoms with van der Waals surface area (Å²) in [5, 5.41) is 2.66. The topological polar surface area (TPSA) is 89.5 Å². The van der Waals surface area contributed by atoms with E-state index in [1.54, 1.807) is 31.2 Å². The second kappa shape index (κ2) is 6.26. The summed E-state index contributed by atoms with van der Waals surface area (Å²) < 4.78 is 27.6. The van der Waals surface area contributed by atoms with Crippen molar-refractivity contribution < 1.29 is 22.7 Å². The maximum Gasteiger partial charge on any atom is 0.338 e. The highest BCUT2D eigenvalue weighted by atomic mass is 32.2. The van der Waals surface area contributed by atoms with Gasteiger partial charge in [0.2, 0.25) is 5.91 Å². The van der Waals surface area contributed by atoms with Crippen molar-refractivity contribution in [2.24, 2.45) is 5.92 Å². The standard InChI is InChI=1S/C14H17NO5S/c1-2-20-14(17)10-3-5-12(6-4-10)15-13(16)11-7-8-21(18,19)9-11/h3-6,11H,2,7-9H2,1H3,(H,15,16)/t11-/m1/s1. The lowest BCUT2D eigenvalue weighted by Gasteiger charge is -2.10. The molecule has 1 aromatic rings. The van der Waals surface area contributed by atoms with Crippen LogP contribution in [0.15, 0.2) is 24.3 Å². The molecule has 0 aromatic heterocycles. The van der Waals surface area contributed by atoms with Gasteiger partial charge >= 0.3 is 5.97 Å². The van der Waals surface area contributed by atoms with Gasteiger partial charge in [0.15, 0.2) is 9.84 Å². The van der Waals surface area contributed by atoms with Crippen LogP contribution in [0.2, 0.25) is 0 Å². The van der Waals surface area contributed by atoms with Crippen molar-refractivity contribution in [2.45, 2.75) is 13.3 Å². The molecule has 0 unspecified atom stereocenters. The quantitative estimate of drug-likeness (QED) is 0.845.